The number of rotatable bonds is 11. The smallest absolute Gasteiger partial charge is 0.269 e. The van der Waals surface area contributed by atoms with E-state index in [1.807, 2.05) is 13.8 Å². The van der Waals surface area contributed by atoms with Gasteiger partial charge in [-0.1, -0.05) is 48.3 Å². The minimum Gasteiger partial charge on any atom is -0.352 e. The van der Waals surface area contributed by atoms with Gasteiger partial charge in [-0.15, -0.1) is 11.8 Å². The first-order chi connectivity index (χ1) is 15.6. The Hall–Kier alpha value is -2.29. The van der Waals surface area contributed by atoms with Gasteiger partial charge < -0.3 is 10.2 Å². The number of benzene rings is 2. The second-order valence-electron chi connectivity index (χ2n) is 7.67. The lowest BCUT2D eigenvalue weighted by atomic mass is 10.1. The van der Waals surface area contributed by atoms with Crippen LogP contribution in [-0.2, 0) is 21.9 Å². The van der Waals surface area contributed by atoms with Gasteiger partial charge in [0.2, 0.25) is 11.8 Å². The Kier molecular flexibility index (Phi) is 10.5. The van der Waals surface area contributed by atoms with Crippen LogP contribution in [0, 0.1) is 10.1 Å². The van der Waals surface area contributed by atoms with Crippen molar-refractivity contribution >= 4 is 52.5 Å². The predicted octanol–water partition coefficient (Wildman–Crippen LogP) is 5.47. The van der Waals surface area contributed by atoms with Crippen molar-refractivity contribution in [3.8, 4) is 0 Å². The van der Waals surface area contributed by atoms with E-state index in [1.54, 1.807) is 37.3 Å². The number of halogens is 2. The molecule has 0 unspecified atom stereocenters. The first-order valence-corrected chi connectivity index (χ1v) is 12.4. The van der Waals surface area contributed by atoms with Crippen molar-refractivity contribution in [3.63, 3.8) is 0 Å². The van der Waals surface area contributed by atoms with Crippen molar-refractivity contribution in [3.05, 3.63) is 73.8 Å². The summed E-state index contributed by atoms with van der Waals surface area (Å²) in [5.74, 6) is 0.207. The van der Waals surface area contributed by atoms with Crippen molar-refractivity contribution < 1.29 is 14.5 Å². The van der Waals surface area contributed by atoms with E-state index in [1.165, 1.54) is 28.8 Å². The topological polar surface area (TPSA) is 92.6 Å². The molecule has 0 aromatic heterocycles. The monoisotopic (exact) mass is 511 g/mol. The van der Waals surface area contributed by atoms with Crippen LogP contribution < -0.4 is 5.32 Å². The van der Waals surface area contributed by atoms with Crippen LogP contribution in [0.25, 0.3) is 0 Å². The largest absolute Gasteiger partial charge is 0.352 e. The molecule has 0 saturated carbocycles. The second-order valence-corrected chi connectivity index (χ2v) is 9.50. The summed E-state index contributed by atoms with van der Waals surface area (Å²) in [4.78, 5) is 37.7. The van der Waals surface area contributed by atoms with Crippen LogP contribution in [0.1, 0.15) is 38.3 Å². The second kappa shape index (κ2) is 12.8. The molecule has 0 spiro atoms. The molecule has 2 atom stereocenters. The van der Waals surface area contributed by atoms with E-state index in [0.29, 0.717) is 21.4 Å². The summed E-state index contributed by atoms with van der Waals surface area (Å²) >= 11 is 13.7. The Morgan fingerprint density at radius 1 is 1.15 bits per heavy atom. The maximum atomic E-state index is 13.1. The van der Waals surface area contributed by atoms with Crippen LogP contribution in [-0.4, -0.2) is 39.5 Å². The number of nitrogens with zero attached hydrogens (tertiary/aromatic N) is 2. The lowest BCUT2D eigenvalue weighted by Crippen LogP contribution is -2.50. The van der Waals surface area contributed by atoms with Gasteiger partial charge in [0.05, 0.1) is 10.7 Å². The Labute approximate surface area is 208 Å². The Morgan fingerprint density at radius 3 is 2.39 bits per heavy atom. The summed E-state index contributed by atoms with van der Waals surface area (Å²) in [5.41, 5.74) is 1.58. The third-order valence-electron chi connectivity index (χ3n) is 5.17. The van der Waals surface area contributed by atoms with Crippen LogP contribution in [0.3, 0.4) is 0 Å². The molecular weight excluding hydrogens is 485 g/mol. The molecule has 0 heterocycles. The van der Waals surface area contributed by atoms with Crippen molar-refractivity contribution in [2.75, 3.05) is 5.75 Å². The zero-order chi connectivity index (χ0) is 24.5. The fraction of sp³-hybridized carbons (Fsp3) is 0.391. The van der Waals surface area contributed by atoms with Gasteiger partial charge in [-0.25, -0.2) is 0 Å². The highest BCUT2D eigenvalue weighted by molar-refractivity contribution is 7.99. The fourth-order valence-electron chi connectivity index (χ4n) is 2.93. The third kappa shape index (κ3) is 8.21. The minimum absolute atomic E-state index is 0.00691. The van der Waals surface area contributed by atoms with Crippen LogP contribution in [0.4, 0.5) is 5.69 Å². The quantitative estimate of drug-likeness (QED) is 0.319. The van der Waals surface area contributed by atoms with E-state index in [2.05, 4.69) is 5.32 Å². The molecule has 7 nitrogen and oxygen atoms in total. The highest BCUT2D eigenvalue weighted by Gasteiger charge is 2.27. The molecule has 33 heavy (non-hydrogen) atoms. The molecule has 0 aliphatic heterocycles. The molecule has 0 fully saturated rings. The van der Waals surface area contributed by atoms with Gasteiger partial charge in [-0.05, 0) is 43.5 Å². The summed E-state index contributed by atoms with van der Waals surface area (Å²) in [6.07, 6.45) is 0.778. The molecule has 2 amide bonds. The van der Waals surface area contributed by atoms with E-state index < -0.39 is 11.0 Å². The van der Waals surface area contributed by atoms with Crippen LogP contribution in [0.5, 0.6) is 0 Å². The van der Waals surface area contributed by atoms with Gasteiger partial charge in [-0.2, -0.15) is 0 Å². The van der Waals surface area contributed by atoms with Gasteiger partial charge in [-0.3, -0.25) is 19.7 Å². The number of amides is 2. The summed E-state index contributed by atoms with van der Waals surface area (Å²) < 4.78 is 0. The first-order valence-electron chi connectivity index (χ1n) is 10.5. The predicted molar refractivity (Wildman–Crippen MR) is 134 cm³/mol. The van der Waals surface area contributed by atoms with E-state index in [4.69, 9.17) is 23.2 Å². The minimum atomic E-state index is -0.696. The molecule has 0 bridgehead atoms. The van der Waals surface area contributed by atoms with Crippen LogP contribution in [0.15, 0.2) is 42.5 Å². The number of thioether (sulfide) groups is 1. The number of nitro benzene ring substituents is 1. The number of carbonyl (C=O) groups is 2. The molecule has 2 rings (SSSR count). The summed E-state index contributed by atoms with van der Waals surface area (Å²) in [6, 6.07) is 10.6. The summed E-state index contributed by atoms with van der Waals surface area (Å²) in [6.45, 7) is 5.75. The molecule has 2 aromatic rings. The fourth-order valence-corrected chi connectivity index (χ4v) is 4.27. The first kappa shape index (κ1) is 27.0. The molecule has 0 saturated heterocycles. The van der Waals surface area contributed by atoms with E-state index >= 15 is 0 Å². The number of non-ortho nitro benzene ring substituents is 1. The van der Waals surface area contributed by atoms with Crippen molar-refractivity contribution in [1.29, 1.82) is 0 Å². The van der Waals surface area contributed by atoms with Crippen LogP contribution >= 0.6 is 35.0 Å². The number of nitrogens with one attached hydrogen (secondary N) is 1. The Balaban J connectivity index is 2.10. The molecule has 0 aliphatic carbocycles. The van der Waals surface area contributed by atoms with E-state index in [9.17, 15) is 19.7 Å². The lowest BCUT2D eigenvalue weighted by molar-refractivity contribution is -0.384. The molecule has 2 aromatic carbocycles. The van der Waals surface area contributed by atoms with E-state index in [0.717, 1.165) is 12.0 Å². The third-order valence-corrected chi connectivity index (χ3v) is 6.74. The van der Waals surface area contributed by atoms with Crippen molar-refractivity contribution in [2.45, 2.75) is 51.6 Å². The molecule has 0 radical (unpaired) electrons. The number of hydrogen-bond donors (Lipinski definition) is 1. The van der Waals surface area contributed by atoms with Gasteiger partial charge in [0, 0.05) is 40.5 Å². The maximum Gasteiger partial charge on any atom is 0.269 e. The van der Waals surface area contributed by atoms with E-state index in [-0.39, 0.29) is 35.8 Å². The highest BCUT2D eigenvalue weighted by Crippen LogP contribution is 2.24. The number of hydrogen-bond acceptors (Lipinski definition) is 5. The molecule has 0 aliphatic rings. The average molecular weight is 512 g/mol. The van der Waals surface area contributed by atoms with Gasteiger partial charge in [0.25, 0.3) is 5.69 Å². The number of nitro groups is 1. The van der Waals surface area contributed by atoms with Gasteiger partial charge >= 0.3 is 0 Å². The molecule has 1 N–H and O–H groups in total. The lowest BCUT2D eigenvalue weighted by Gasteiger charge is -2.30. The Bertz CT molecular complexity index is 988. The summed E-state index contributed by atoms with van der Waals surface area (Å²) in [7, 11) is 0. The van der Waals surface area contributed by atoms with Crippen LogP contribution in [0.2, 0.25) is 10.0 Å². The van der Waals surface area contributed by atoms with Crippen molar-refractivity contribution in [1.82, 2.24) is 10.2 Å². The molecule has 10 heteroatoms. The van der Waals surface area contributed by atoms with Crippen molar-refractivity contribution in [2.24, 2.45) is 0 Å². The normalized spacial score (nSPS) is 12.6. The summed E-state index contributed by atoms with van der Waals surface area (Å²) in [5, 5.41) is 14.6. The SMILES string of the molecule is CC[C@H](C)NC(=O)[C@H](C)N(Cc1ccc(Cl)cc1Cl)C(=O)CSCc1ccc([N+](=O)[O-])cc1. The average Bonchev–Trinajstić information content (AvgIpc) is 2.78. The zero-order valence-corrected chi connectivity index (χ0v) is 21.0. The van der Waals surface area contributed by atoms with Gasteiger partial charge in [0.15, 0.2) is 0 Å². The maximum absolute atomic E-state index is 13.1. The number of carbonyl (C=O) groups excluding carboxylic acids is 2. The highest BCUT2D eigenvalue weighted by atomic mass is 35.5. The van der Waals surface area contributed by atoms with Gasteiger partial charge in [0.1, 0.15) is 6.04 Å². The Morgan fingerprint density at radius 2 is 1.82 bits per heavy atom. The molecular formula is C23H27Cl2N3O4S. The standard InChI is InChI=1S/C23H27Cl2N3O4S/c1-4-15(2)26-23(30)16(3)27(12-18-7-8-19(24)11-21(18)25)22(29)14-33-13-17-5-9-20(10-6-17)28(31)32/h5-11,15-16H,4,12-14H2,1-3H3,(H,26,30)/t15-,16-/m0/s1. The molecule has 178 valence electrons. The zero-order valence-electron chi connectivity index (χ0n) is 18.7.